The molecule has 0 amide bonds. The molecule has 0 unspecified atom stereocenters. The van der Waals surface area contributed by atoms with Crippen molar-refractivity contribution in [3.05, 3.63) is 207 Å². The Bertz CT molecular complexity index is 3030. The fourth-order valence-electron chi connectivity index (χ4n) is 8.46. The van der Waals surface area contributed by atoms with E-state index in [1.165, 1.54) is 65.9 Å². The molecule has 0 aliphatic rings. The summed E-state index contributed by atoms with van der Waals surface area (Å²) in [4.78, 5) is 8.69. The van der Waals surface area contributed by atoms with E-state index in [-0.39, 0.29) is 0 Å². The van der Waals surface area contributed by atoms with Crippen LogP contribution in [-0.2, 0) is 0 Å². The quantitative estimate of drug-likeness (QED) is 0.172. The van der Waals surface area contributed by atoms with E-state index < -0.39 is 0 Å². The van der Waals surface area contributed by atoms with Crippen LogP contribution in [0.1, 0.15) is 0 Å². The molecule has 0 aliphatic carbocycles. The van der Waals surface area contributed by atoms with Crippen molar-refractivity contribution in [2.75, 3.05) is 0 Å². The lowest BCUT2D eigenvalue weighted by atomic mass is 9.98. The molecule has 4 nitrogen and oxygen atoms in total. The van der Waals surface area contributed by atoms with Crippen LogP contribution in [0, 0.1) is 0 Å². The summed E-state index contributed by atoms with van der Waals surface area (Å²) < 4.78 is 4.82. The van der Waals surface area contributed by atoms with Gasteiger partial charge in [0.05, 0.1) is 22.1 Å². The normalized spacial score (nSPS) is 11.6. The van der Waals surface area contributed by atoms with Crippen LogP contribution >= 0.6 is 0 Å². The highest BCUT2D eigenvalue weighted by Gasteiger charge is 2.17. The van der Waals surface area contributed by atoms with Gasteiger partial charge in [0, 0.05) is 68.8 Å². The molecule has 0 bridgehead atoms. The molecule has 4 heteroatoms. The molecule has 56 heavy (non-hydrogen) atoms. The number of fused-ring (bicyclic) bond motifs is 6. The Balaban J connectivity index is 1.03. The molecular weight excluding hydrogens is 681 g/mol. The minimum Gasteiger partial charge on any atom is -0.309 e. The summed E-state index contributed by atoms with van der Waals surface area (Å²) in [7, 11) is 0. The topological polar surface area (TPSA) is 35.6 Å². The minimum atomic E-state index is 1.11. The highest BCUT2D eigenvalue weighted by Crippen LogP contribution is 2.39. The maximum atomic E-state index is 4.34. The molecule has 0 fully saturated rings. The molecule has 0 aliphatic heterocycles. The van der Waals surface area contributed by atoms with Crippen LogP contribution in [0.2, 0.25) is 0 Å². The molecule has 11 aromatic rings. The highest BCUT2D eigenvalue weighted by atomic mass is 15.0. The molecule has 11 rings (SSSR count). The van der Waals surface area contributed by atoms with Crippen molar-refractivity contribution in [3.8, 4) is 55.9 Å². The van der Waals surface area contributed by atoms with Crippen LogP contribution in [0.15, 0.2) is 207 Å². The monoisotopic (exact) mass is 714 g/mol. The predicted octanol–water partition coefficient (Wildman–Crippen LogP) is 13.3. The SMILES string of the molecule is c1cncc(-c2cccc(-c3ccc4c(c3)c3ccccc3n4-c3cccc(-n4c5ccccc5c5cc(-c6cccc(-c7cccnc7)c6)ccc54)c3)c2)c1. The van der Waals surface area contributed by atoms with Crippen molar-refractivity contribution in [2.45, 2.75) is 0 Å². The second-order valence-corrected chi connectivity index (χ2v) is 14.3. The first kappa shape index (κ1) is 31.9. The Morgan fingerprint density at radius 1 is 0.268 bits per heavy atom. The Kier molecular flexibility index (Phi) is 7.46. The zero-order chi connectivity index (χ0) is 37.0. The van der Waals surface area contributed by atoms with Crippen molar-refractivity contribution in [2.24, 2.45) is 0 Å². The molecule has 7 aromatic carbocycles. The number of hydrogen-bond donors (Lipinski definition) is 0. The number of benzene rings is 7. The molecule has 0 N–H and O–H groups in total. The van der Waals surface area contributed by atoms with Crippen molar-refractivity contribution in [1.82, 2.24) is 19.1 Å². The van der Waals surface area contributed by atoms with Gasteiger partial charge in [-0.1, -0.05) is 103 Å². The van der Waals surface area contributed by atoms with E-state index in [4.69, 9.17) is 0 Å². The van der Waals surface area contributed by atoms with Crippen LogP contribution in [-0.4, -0.2) is 19.1 Å². The van der Waals surface area contributed by atoms with Gasteiger partial charge < -0.3 is 9.13 Å². The largest absolute Gasteiger partial charge is 0.309 e. The van der Waals surface area contributed by atoms with Gasteiger partial charge in [0.25, 0.3) is 0 Å². The molecule has 0 spiro atoms. The number of hydrogen-bond acceptors (Lipinski definition) is 2. The number of nitrogens with zero attached hydrogens (tertiary/aromatic N) is 4. The summed E-state index contributed by atoms with van der Waals surface area (Å²) in [5.41, 5.74) is 16.2. The fraction of sp³-hybridized carbons (Fsp3) is 0. The molecule has 0 radical (unpaired) electrons. The van der Waals surface area contributed by atoms with Crippen LogP contribution in [0.25, 0.3) is 99.5 Å². The standard InChI is InChI=1S/C52H34N4/c1-3-20-49-45(18-1)47-30-39(35-10-5-12-37(28-35)41-14-8-26-53-33-41)22-24-51(47)55(49)43-16-7-17-44(32-43)56-50-21-4-2-19-46(50)48-31-40(23-25-52(48)56)36-11-6-13-38(29-36)42-15-9-27-54-34-42/h1-34H. The summed E-state index contributed by atoms with van der Waals surface area (Å²) >= 11 is 0. The first-order valence-corrected chi connectivity index (χ1v) is 19.0. The van der Waals surface area contributed by atoms with E-state index in [2.05, 4.69) is 189 Å². The van der Waals surface area contributed by atoms with Crippen molar-refractivity contribution in [1.29, 1.82) is 0 Å². The average molecular weight is 715 g/mol. The number of para-hydroxylation sites is 2. The summed E-state index contributed by atoms with van der Waals surface area (Å²) in [6, 6.07) is 65.9. The Hall–Kier alpha value is -7.56. The zero-order valence-corrected chi connectivity index (χ0v) is 30.4. The molecule has 0 atom stereocenters. The predicted molar refractivity (Wildman–Crippen MR) is 232 cm³/mol. The van der Waals surface area contributed by atoms with Gasteiger partial charge in [-0.25, -0.2) is 0 Å². The van der Waals surface area contributed by atoms with Gasteiger partial charge in [0.15, 0.2) is 0 Å². The lowest BCUT2D eigenvalue weighted by Gasteiger charge is -2.13. The van der Waals surface area contributed by atoms with Crippen molar-refractivity contribution < 1.29 is 0 Å². The Morgan fingerprint density at radius 3 is 1.12 bits per heavy atom. The third kappa shape index (κ3) is 5.31. The first-order chi connectivity index (χ1) is 27.8. The highest BCUT2D eigenvalue weighted by molar-refractivity contribution is 6.12. The van der Waals surface area contributed by atoms with E-state index in [1.54, 1.807) is 0 Å². The van der Waals surface area contributed by atoms with Gasteiger partial charge in [-0.15, -0.1) is 0 Å². The van der Waals surface area contributed by atoms with E-state index in [9.17, 15) is 0 Å². The van der Waals surface area contributed by atoms with Crippen molar-refractivity contribution >= 4 is 43.6 Å². The maximum absolute atomic E-state index is 4.34. The maximum Gasteiger partial charge on any atom is 0.0541 e. The van der Waals surface area contributed by atoms with Gasteiger partial charge in [0.1, 0.15) is 0 Å². The smallest absolute Gasteiger partial charge is 0.0541 e. The van der Waals surface area contributed by atoms with Gasteiger partial charge >= 0.3 is 0 Å². The van der Waals surface area contributed by atoms with E-state index in [0.29, 0.717) is 0 Å². The molecule has 4 aromatic heterocycles. The molecule has 262 valence electrons. The lowest BCUT2D eigenvalue weighted by molar-refractivity contribution is 1.13. The van der Waals surface area contributed by atoms with Gasteiger partial charge in [-0.05, 0) is 112 Å². The Morgan fingerprint density at radius 2 is 0.661 bits per heavy atom. The minimum absolute atomic E-state index is 1.11. The van der Waals surface area contributed by atoms with E-state index >= 15 is 0 Å². The average Bonchev–Trinajstić information content (AvgIpc) is 3.79. The molecule has 0 saturated carbocycles. The van der Waals surface area contributed by atoms with Crippen LogP contribution in [0.5, 0.6) is 0 Å². The fourth-order valence-corrected chi connectivity index (χ4v) is 8.46. The second-order valence-electron chi connectivity index (χ2n) is 14.3. The molecular formula is C52H34N4. The summed E-state index contributed by atoms with van der Waals surface area (Å²) in [6.45, 7) is 0. The van der Waals surface area contributed by atoms with Gasteiger partial charge in [0.2, 0.25) is 0 Å². The second kappa shape index (κ2) is 13.1. The van der Waals surface area contributed by atoms with Crippen LogP contribution in [0.3, 0.4) is 0 Å². The number of pyridine rings is 2. The zero-order valence-electron chi connectivity index (χ0n) is 30.4. The van der Waals surface area contributed by atoms with Gasteiger partial charge in [-0.2, -0.15) is 0 Å². The summed E-state index contributed by atoms with van der Waals surface area (Å²) in [6.07, 6.45) is 7.48. The third-order valence-corrected chi connectivity index (χ3v) is 11.1. The van der Waals surface area contributed by atoms with E-state index in [1.807, 2.05) is 36.9 Å². The molecule has 0 saturated heterocycles. The number of rotatable bonds is 6. The lowest BCUT2D eigenvalue weighted by Crippen LogP contribution is -1.98. The van der Waals surface area contributed by atoms with Crippen LogP contribution in [0.4, 0.5) is 0 Å². The molecule has 4 heterocycles. The first-order valence-electron chi connectivity index (χ1n) is 19.0. The van der Waals surface area contributed by atoms with E-state index in [0.717, 1.165) is 33.6 Å². The summed E-state index contributed by atoms with van der Waals surface area (Å²) in [5.74, 6) is 0. The third-order valence-electron chi connectivity index (χ3n) is 11.1. The van der Waals surface area contributed by atoms with Gasteiger partial charge in [-0.3, -0.25) is 9.97 Å². The Labute approximate surface area is 324 Å². The summed E-state index contributed by atoms with van der Waals surface area (Å²) in [5, 5.41) is 4.92. The van der Waals surface area contributed by atoms with Crippen LogP contribution < -0.4 is 0 Å². The number of aromatic nitrogens is 4. The van der Waals surface area contributed by atoms with Crippen molar-refractivity contribution in [3.63, 3.8) is 0 Å².